The fraction of sp³-hybridized carbons (Fsp3) is 0.364. The van der Waals surface area contributed by atoms with Crippen LogP contribution in [-0.4, -0.2) is 17.4 Å². The summed E-state index contributed by atoms with van der Waals surface area (Å²) in [6.45, 7) is 0.213. The fourth-order valence-corrected chi connectivity index (χ4v) is 1.56. The molecule has 8 heteroatoms. The highest BCUT2D eigenvalue weighted by atomic mass is 35.5. The molecule has 0 heterocycles. The molecule has 0 aliphatic heterocycles. The molecule has 19 heavy (non-hydrogen) atoms. The number of carbonyl (C=O) groups excluding carboxylic acids is 1. The molecule has 0 unspecified atom stereocenters. The quantitative estimate of drug-likeness (QED) is 0.474. The van der Waals surface area contributed by atoms with Gasteiger partial charge in [0, 0.05) is 18.6 Å². The lowest BCUT2D eigenvalue weighted by Gasteiger charge is -2.07. The lowest BCUT2D eigenvalue weighted by Crippen LogP contribution is -2.10. The van der Waals surface area contributed by atoms with Gasteiger partial charge in [-0.25, -0.2) is 0 Å². The first-order valence-corrected chi connectivity index (χ1v) is 5.84. The zero-order valence-corrected chi connectivity index (χ0v) is 10.7. The number of unbranched alkanes of at least 4 members (excludes halogenated alkanes) is 1. The maximum Gasteiger partial charge on any atom is 0.306 e. The van der Waals surface area contributed by atoms with E-state index in [1.54, 1.807) is 0 Å². The third kappa shape index (κ3) is 4.70. The second-order valence-electron chi connectivity index (χ2n) is 3.76. The zero-order chi connectivity index (χ0) is 14.4. The maximum atomic E-state index is 13.3. The van der Waals surface area contributed by atoms with Crippen LogP contribution < -0.4 is 10.5 Å². The van der Waals surface area contributed by atoms with Crippen molar-refractivity contribution in [2.24, 2.45) is 5.73 Å². The van der Waals surface area contributed by atoms with Crippen molar-refractivity contribution in [3.05, 3.63) is 33.1 Å². The SMILES string of the molecule is NC(=O)CCCCOc1cc(F)c([N+](=O)[O-])cc1Cl. The van der Waals surface area contributed by atoms with E-state index >= 15 is 0 Å². The van der Waals surface area contributed by atoms with Gasteiger partial charge in [-0.05, 0) is 12.8 Å². The van der Waals surface area contributed by atoms with E-state index in [1.165, 1.54) is 0 Å². The van der Waals surface area contributed by atoms with Crippen LogP contribution in [0.25, 0.3) is 0 Å². The molecule has 0 aliphatic rings. The number of nitro groups is 1. The Kier molecular flexibility index (Phi) is 5.50. The van der Waals surface area contributed by atoms with Crippen LogP contribution in [-0.2, 0) is 4.79 Å². The Morgan fingerprint density at radius 3 is 2.74 bits per heavy atom. The van der Waals surface area contributed by atoms with Crippen molar-refractivity contribution < 1.29 is 18.8 Å². The van der Waals surface area contributed by atoms with Gasteiger partial charge in [-0.1, -0.05) is 11.6 Å². The average molecular weight is 291 g/mol. The Labute approximate surface area is 113 Å². The Hall–Kier alpha value is -1.89. The molecule has 0 saturated heterocycles. The van der Waals surface area contributed by atoms with Crippen LogP contribution >= 0.6 is 11.6 Å². The molecule has 0 spiro atoms. The van der Waals surface area contributed by atoms with E-state index in [-0.39, 0.29) is 23.8 Å². The summed E-state index contributed by atoms with van der Waals surface area (Å²) in [4.78, 5) is 20.1. The minimum absolute atomic E-state index is 0.0313. The zero-order valence-electron chi connectivity index (χ0n) is 9.90. The predicted octanol–water partition coefficient (Wildman–Crippen LogP) is 2.42. The topological polar surface area (TPSA) is 95.5 Å². The average Bonchev–Trinajstić information content (AvgIpc) is 2.31. The van der Waals surface area contributed by atoms with Crippen LogP contribution in [0.4, 0.5) is 10.1 Å². The van der Waals surface area contributed by atoms with Gasteiger partial charge in [0.2, 0.25) is 11.7 Å². The fourth-order valence-electron chi connectivity index (χ4n) is 1.35. The van der Waals surface area contributed by atoms with E-state index in [4.69, 9.17) is 22.1 Å². The van der Waals surface area contributed by atoms with Crippen molar-refractivity contribution in [3.63, 3.8) is 0 Å². The van der Waals surface area contributed by atoms with Crippen LogP contribution in [0.15, 0.2) is 12.1 Å². The molecule has 1 aromatic carbocycles. The van der Waals surface area contributed by atoms with Crippen LogP contribution in [0.5, 0.6) is 5.75 Å². The second kappa shape index (κ2) is 6.89. The van der Waals surface area contributed by atoms with Crippen molar-refractivity contribution >= 4 is 23.2 Å². The number of nitrogens with two attached hydrogens (primary N) is 1. The third-order valence-corrected chi connectivity index (χ3v) is 2.57. The highest BCUT2D eigenvalue weighted by Gasteiger charge is 2.18. The molecule has 0 aliphatic carbocycles. The van der Waals surface area contributed by atoms with E-state index in [0.29, 0.717) is 12.8 Å². The van der Waals surface area contributed by atoms with Gasteiger partial charge >= 0.3 is 5.69 Å². The van der Waals surface area contributed by atoms with Gasteiger partial charge in [0.25, 0.3) is 0 Å². The molecule has 1 amide bonds. The second-order valence-corrected chi connectivity index (χ2v) is 4.17. The number of ether oxygens (including phenoxy) is 1. The van der Waals surface area contributed by atoms with Crippen molar-refractivity contribution in [3.8, 4) is 5.75 Å². The van der Waals surface area contributed by atoms with E-state index in [2.05, 4.69) is 0 Å². The number of benzene rings is 1. The van der Waals surface area contributed by atoms with Crippen molar-refractivity contribution in [1.82, 2.24) is 0 Å². The molecule has 1 rings (SSSR count). The number of nitro benzene ring substituents is 1. The predicted molar refractivity (Wildman–Crippen MR) is 66.6 cm³/mol. The highest BCUT2D eigenvalue weighted by Crippen LogP contribution is 2.31. The first-order valence-electron chi connectivity index (χ1n) is 5.46. The maximum absolute atomic E-state index is 13.3. The monoisotopic (exact) mass is 290 g/mol. The van der Waals surface area contributed by atoms with Gasteiger partial charge in [-0.3, -0.25) is 14.9 Å². The van der Waals surface area contributed by atoms with E-state index in [0.717, 1.165) is 12.1 Å². The van der Waals surface area contributed by atoms with Crippen molar-refractivity contribution in [2.45, 2.75) is 19.3 Å². The summed E-state index contributed by atoms with van der Waals surface area (Å²) in [6.07, 6.45) is 1.33. The lowest BCUT2D eigenvalue weighted by molar-refractivity contribution is -0.387. The number of carbonyl (C=O) groups is 1. The summed E-state index contributed by atoms with van der Waals surface area (Å²) in [5.74, 6) is -1.38. The largest absolute Gasteiger partial charge is 0.492 e. The van der Waals surface area contributed by atoms with Gasteiger partial charge in [0.15, 0.2) is 0 Å². The summed E-state index contributed by atoms with van der Waals surface area (Å²) < 4.78 is 18.5. The van der Waals surface area contributed by atoms with Crippen LogP contribution in [0, 0.1) is 15.9 Å². The summed E-state index contributed by atoms with van der Waals surface area (Å²) >= 11 is 5.74. The Morgan fingerprint density at radius 2 is 2.16 bits per heavy atom. The number of rotatable bonds is 7. The molecule has 104 valence electrons. The summed E-state index contributed by atoms with van der Waals surface area (Å²) in [7, 11) is 0. The van der Waals surface area contributed by atoms with Gasteiger partial charge in [-0.2, -0.15) is 4.39 Å². The molecule has 0 bridgehead atoms. The molecule has 0 saturated carbocycles. The lowest BCUT2D eigenvalue weighted by atomic mass is 10.2. The molecule has 0 atom stereocenters. The smallest absolute Gasteiger partial charge is 0.306 e. The molecule has 1 aromatic rings. The molecule has 0 aromatic heterocycles. The Balaban J connectivity index is 2.57. The van der Waals surface area contributed by atoms with Gasteiger partial charge < -0.3 is 10.5 Å². The summed E-state index contributed by atoms with van der Waals surface area (Å²) in [6, 6.07) is 1.77. The number of hydrogen-bond acceptors (Lipinski definition) is 4. The normalized spacial score (nSPS) is 10.2. The Morgan fingerprint density at radius 1 is 1.47 bits per heavy atom. The van der Waals surface area contributed by atoms with E-state index in [9.17, 15) is 19.3 Å². The van der Waals surface area contributed by atoms with Crippen LogP contribution in [0.3, 0.4) is 0 Å². The molecule has 2 N–H and O–H groups in total. The van der Waals surface area contributed by atoms with Gasteiger partial charge in [0.1, 0.15) is 5.75 Å². The minimum atomic E-state index is -1.01. The molecular weight excluding hydrogens is 279 g/mol. The number of nitrogens with zero attached hydrogens (tertiary/aromatic N) is 1. The summed E-state index contributed by atoms with van der Waals surface area (Å²) in [5, 5.41) is 10.4. The van der Waals surface area contributed by atoms with Crippen LogP contribution in [0.1, 0.15) is 19.3 Å². The number of primary amides is 1. The van der Waals surface area contributed by atoms with Crippen LogP contribution in [0.2, 0.25) is 5.02 Å². The standard InChI is InChI=1S/C11H12ClFN2O4/c12-7-5-9(15(17)18)8(13)6-10(7)19-4-2-1-3-11(14)16/h5-6H,1-4H2,(H2,14,16). The first-order chi connectivity index (χ1) is 8.91. The minimum Gasteiger partial charge on any atom is -0.492 e. The first kappa shape index (κ1) is 15.2. The van der Waals surface area contributed by atoms with E-state index < -0.39 is 22.3 Å². The van der Waals surface area contributed by atoms with Crippen molar-refractivity contribution in [2.75, 3.05) is 6.61 Å². The molecule has 6 nitrogen and oxygen atoms in total. The molecular formula is C11H12ClFN2O4. The Bertz CT molecular complexity index is 496. The molecule has 0 fully saturated rings. The summed E-state index contributed by atoms with van der Waals surface area (Å²) in [5.41, 5.74) is 4.26. The number of hydrogen-bond donors (Lipinski definition) is 1. The van der Waals surface area contributed by atoms with Gasteiger partial charge in [0.05, 0.1) is 16.6 Å². The third-order valence-electron chi connectivity index (χ3n) is 2.27. The number of halogens is 2. The molecule has 0 radical (unpaired) electrons. The van der Waals surface area contributed by atoms with Gasteiger partial charge in [-0.15, -0.1) is 0 Å². The van der Waals surface area contributed by atoms with E-state index in [1.807, 2.05) is 0 Å². The highest BCUT2D eigenvalue weighted by molar-refractivity contribution is 6.32. The van der Waals surface area contributed by atoms with Crippen molar-refractivity contribution in [1.29, 1.82) is 0 Å². The number of amides is 1.